The first-order valence-corrected chi connectivity index (χ1v) is 11.9. The molecule has 0 spiro atoms. The summed E-state index contributed by atoms with van der Waals surface area (Å²) < 4.78 is 11.5. The Labute approximate surface area is 216 Å². The fraction of sp³-hybridized carbons (Fsp3) is 0.0741. The molecule has 0 saturated heterocycles. The van der Waals surface area contributed by atoms with Crippen molar-refractivity contribution in [2.24, 2.45) is 0 Å². The summed E-state index contributed by atoms with van der Waals surface area (Å²) in [5.41, 5.74) is 4.19. The molecule has 5 aromatic rings. The Hall–Kier alpha value is -4.14. The van der Waals surface area contributed by atoms with E-state index in [2.05, 4.69) is 22.5 Å². The number of phenolic OH excluding ortho intramolecular Hbond substituents is 1. The lowest BCUT2D eigenvalue weighted by Crippen LogP contribution is -2.33. The minimum atomic E-state index is -0.502. The maximum Gasteiger partial charge on any atom is 0.293 e. The van der Waals surface area contributed by atoms with Gasteiger partial charge in [0.2, 0.25) is 5.89 Å². The van der Waals surface area contributed by atoms with E-state index < -0.39 is 5.91 Å². The number of furan rings is 1. The van der Waals surface area contributed by atoms with Gasteiger partial charge in [0.25, 0.3) is 5.91 Å². The molecule has 3 aromatic carbocycles. The number of oxazole rings is 1. The maximum absolute atomic E-state index is 12.6. The Bertz CT molecular complexity index is 1590. The number of aromatic nitrogens is 1. The van der Waals surface area contributed by atoms with Crippen molar-refractivity contribution < 1.29 is 18.7 Å². The molecule has 3 N–H and O–H groups in total. The smallest absolute Gasteiger partial charge is 0.293 e. The number of thiocarbonyl (C=S) groups is 1. The fourth-order valence-electron chi connectivity index (χ4n) is 3.65. The average molecular weight is 518 g/mol. The lowest BCUT2D eigenvalue weighted by atomic mass is 10.1. The number of halogens is 1. The Kier molecular flexibility index (Phi) is 6.45. The number of phenols is 1. The quantitative estimate of drug-likeness (QED) is 0.174. The molecule has 0 radical (unpaired) electrons. The van der Waals surface area contributed by atoms with Gasteiger partial charge in [0.15, 0.2) is 16.5 Å². The number of aromatic hydroxyl groups is 1. The normalized spacial score (nSPS) is 10.9. The van der Waals surface area contributed by atoms with Gasteiger partial charge in [0.05, 0.1) is 5.56 Å². The second-order valence-corrected chi connectivity index (χ2v) is 8.83. The number of anilines is 1. The number of nitrogens with zero attached hydrogens (tertiary/aromatic N) is 1. The van der Waals surface area contributed by atoms with Crippen LogP contribution in [0.1, 0.15) is 23.0 Å². The van der Waals surface area contributed by atoms with Crippen molar-refractivity contribution in [1.82, 2.24) is 10.3 Å². The zero-order chi connectivity index (χ0) is 25.2. The number of rotatable bonds is 5. The number of amides is 1. The van der Waals surface area contributed by atoms with Crippen LogP contribution in [0.15, 0.2) is 81.6 Å². The molecule has 0 fully saturated rings. The molecule has 0 unspecified atom stereocenters. The molecule has 0 bridgehead atoms. The molecule has 0 aliphatic rings. The zero-order valence-electron chi connectivity index (χ0n) is 19.0. The molecule has 5 rings (SSSR count). The van der Waals surface area contributed by atoms with Crippen molar-refractivity contribution in [2.45, 2.75) is 13.3 Å². The third-order valence-corrected chi connectivity index (χ3v) is 5.99. The molecule has 0 atom stereocenters. The van der Waals surface area contributed by atoms with E-state index >= 15 is 0 Å². The molecular weight excluding hydrogens is 498 g/mol. The summed E-state index contributed by atoms with van der Waals surface area (Å²) in [7, 11) is 0. The SMILES string of the molecule is CCc1ccc2oc(-c3cc(NC(=S)NC(=O)c4ccc(-c5ccc(Cl)cc5)o4)ccc3O)nc2c1. The third-order valence-electron chi connectivity index (χ3n) is 5.53. The molecule has 36 heavy (non-hydrogen) atoms. The highest BCUT2D eigenvalue weighted by molar-refractivity contribution is 7.80. The summed E-state index contributed by atoms with van der Waals surface area (Å²) >= 11 is 11.2. The van der Waals surface area contributed by atoms with Crippen molar-refractivity contribution in [2.75, 3.05) is 5.32 Å². The van der Waals surface area contributed by atoms with E-state index in [0.29, 0.717) is 33.1 Å². The topological polar surface area (TPSA) is 101 Å². The molecule has 9 heteroatoms. The van der Waals surface area contributed by atoms with Gasteiger partial charge in [0.1, 0.15) is 17.0 Å². The number of nitrogens with one attached hydrogen (secondary N) is 2. The van der Waals surface area contributed by atoms with Gasteiger partial charge in [-0.25, -0.2) is 4.98 Å². The Morgan fingerprint density at radius 2 is 1.83 bits per heavy atom. The van der Waals surface area contributed by atoms with Gasteiger partial charge < -0.3 is 19.3 Å². The second-order valence-electron chi connectivity index (χ2n) is 7.99. The first-order valence-electron chi connectivity index (χ1n) is 11.1. The highest BCUT2D eigenvalue weighted by atomic mass is 35.5. The van der Waals surface area contributed by atoms with Crippen molar-refractivity contribution in [3.05, 3.63) is 89.1 Å². The van der Waals surface area contributed by atoms with Gasteiger partial charge in [-0.3, -0.25) is 10.1 Å². The average Bonchev–Trinajstić information content (AvgIpc) is 3.53. The Morgan fingerprint density at radius 3 is 2.61 bits per heavy atom. The highest BCUT2D eigenvalue weighted by Gasteiger charge is 2.16. The molecule has 2 aromatic heterocycles. The predicted molar refractivity (Wildman–Crippen MR) is 143 cm³/mol. The minimum absolute atomic E-state index is 0.00286. The van der Waals surface area contributed by atoms with E-state index in [1.165, 1.54) is 6.07 Å². The van der Waals surface area contributed by atoms with Crippen LogP contribution in [0.5, 0.6) is 5.75 Å². The summed E-state index contributed by atoms with van der Waals surface area (Å²) in [5, 5.41) is 16.6. The highest BCUT2D eigenvalue weighted by Crippen LogP contribution is 2.33. The Balaban J connectivity index is 1.29. The molecule has 0 aliphatic heterocycles. The first kappa shape index (κ1) is 23.6. The predicted octanol–water partition coefficient (Wildman–Crippen LogP) is 6.80. The Morgan fingerprint density at radius 1 is 1.03 bits per heavy atom. The number of hydrogen-bond acceptors (Lipinski definition) is 6. The van der Waals surface area contributed by atoms with Crippen LogP contribution in [0.4, 0.5) is 5.69 Å². The summed E-state index contributed by atoms with van der Waals surface area (Å²) in [6, 6.07) is 20.9. The number of benzene rings is 3. The van der Waals surface area contributed by atoms with E-state index in [1.807, 2.05) is 18.2 Å². The van der Waals surface area contributed by atoms with Crippen molar-refractivity contribution in [3.8, 4) is 28.5 Å². The lowest BCUT2D eigenvalue weighted by molar-refractivity contribution is 0.0951. The van der Waals surface area contributed by atoms with Crippen LogP contribution >= 0.6 is 23.8 Å². The first-order chi connectivity index (χ1) is 17.4. The number of hydrogen-bond donors (Lipinski definition) is 3. The molecule has 1 amide bonds. The standard InChI is InChI=1S/C27H20ClN3O4S/c1-2-15-3-10-23-20(13-15)30-26(35-23)19-14-18(8-9-21(19)32)29-27(36)31-25(33)24-12-11-22(34-24)16-4-6-17(28)7-5-16/h3-14,32H,2H2,1H3,(H2,29,31,33,36). The summed E-state index contributed by atoms with van der Waals surface area (Å²) in [6.07, 6.45) is 0.881. The second kappa shape index (κ2) is 9.85. The molecule has 0 aliphatic carbocycles. The van der Waals surface area contributed by atoms with Gasteiger partial charge in [-0.05, 0) is 90.9 Å². The van der Waals surface area contributed by atoms with E-state index in [4.69, 9.17) is 32.7 Å². The number of carbonyl (C=O) groups excluding carboxylic acids is 1. The van der Waals surface area contributed by atoms with Crippen molar-refractivity contribution in [1.29, 1.82) is 0 Å². The van der Waals surface area contributed by atoms with Gasteiger partial charge >= 0.3 is 0 Å². The molecule has 0 saturated carbocycles. The van der Waals surface area contributed by atoms with E-state index in [0.717, 1.165) is 17.5 Å². The monoisotopic (exact) mass is 517 g/mol. The maximum atomic E-state index is 12.6. The van der Waals surface area contributed by atoms with Crippen molar-refractivity contribution >= 4 is 51.6 Å². The van der Waals surface area contributed by atoms with Crippen LogP contribution in [-0.4, -0.2) is 21.1 Å². The molecular formula is C27H20ClN3O4S. The summed E-state index contributed by atoms with van der Waals surface area (Å²) in [4.78, 5) is 17.1. The molecule has 7 nitrogen and oxygen atoms in total. The summed E-state index contributed by atoms with van der Waals surface area (Å²) in [5.74, 6) is 0.414. The zero-order valence-corrected chi connectivity index (χ0v) is 20.6. The van der Waals surface area contributed by atoms with Gasteiger partial charge in [0, 0.05) is 16.3 Å². The van der Waals surface area contributed by atoms with Crippen LogP contribution < -0.4 is 10.6 Å². The lowest BCUT2D eigenvalue weighted by Gasteiger charge is -2.10. The van der Waals surface area contributed by atoms with Crippen LogP contribution in [0.3, 0.4) is 0 Å². The fourth-order valence-corrected chi connectivity index (χ4v) is 3.99. The van der Waals surface area contributed by atoms with Crippen molar-refractivity contribution in [3.63, 3.8) is 0 Å². The van der Waals surface area contributed by atoms with Crippen LogP contribution in [0, 0.1) is 0 Å². The van der Waals surface area contributed by atoms with Crippen LogP contribution in [0.2, 0.25) is 5.02 Å². The van der Waals surface area contributed by atoms with E-state index in [-0.39, 0.29) is 22.5 Å². The third kappa shape index (κ3) is 4.95. The minimum Gasteiger partial charge on any atom is -0.507 e. The number of aryl methyl sites for hydroxylation is 1. The summed E-state index contributed by atoms with van der Waals surface area (Å²) in [6.45, 7) is 2.06. The van der Waals surface area contributed by atoms with Crippen LogP contribution in [-0.2, 0) is 6.42 Å². The molecule has 180 valence electrons. The largest absolute Gasteiger partial charge is 0.507 e. The van der Waals surface area contributed by atoms with Gasteiger partial charge in [-0.15, -0.1) is 0 Å². The number of carbonyl (C=O) groups is 1. The van der Waals surface area contributed by atoms with Crippen LogP contribution in [0.25, 0.3) is 33.9 Å². The van der Waals surface area contributed by atoms with E-state index in [1.54, 1.807) is 48.5 Å². The van der Waals surface area contributed by atoms with Gasteiger partial charge in [-0.2, -0.15) is 0 Å². The van der Waals surface area contributed by atoms with E-state index in [9.17, 15) is 9.90 Å². The van der Waals surface area contributed by atoms with Gasteiger partial charge in [-0.1, -0.05) is 24.6 Å². The number of fused-ring (bicyclic) bond motifs is 1. The molecule has 2 heterocycles.